The van der Waals surface area contributed by atoms with Crippen molar-refractivity contribution in [1.82, 2.24) is 0 Å². The molecule has 7 heteroatoms. The van der Waals surface area contributed by atoms with Crippen molar-refractivity contribution in [1.29, 1.82) is 0 Å². The summed E-state index contributed by atoms with van der Waals surface area (Å²) in [6.45, 7) is 5.82. The van der Waals surface area contributed by atoms with E-state index in [1.54, 1.807) is 19.9 Å². The van der Waals surface area contributed by atoms with E-state index >= 15 is 0 Å². The van der Waals surface area contributed by atoms with Crippen LogP contribution in [0.2, 0.25) is 0 Å². The number of rotatable bonds is 7. The molecule has 0 aliphatic carbocycles. The topological polar surface area (TPSA) is 80.5 Å². The van der Waals surface area contributed by atoms with Crippen molar-refractivity contribution in [3.63, 3.8) is 0 Å². The van der Waals surface area contributed by atoms with Gasteiger partial charge in [-0.15, -0.1) is 0 Å². The summed E-state index contributed by atoms with van der Waals surface area (Å²) < 4.78 is 23.4. The Balaban J connectivity index is 2.33. The van der Waals surface area contributed by atoms with Crippen molar-refractivity contribution >= 4 is 24.3 Å². The zero-order chi connectivity index (χ0) is 17.6. The second-order valence-corrected chi connectivity index (χ2v) is 7.03. The Morgan fingerprint density at radius 2 is 1.50 bits per heavy atom. The molecule has 0 unspecified atom stereocenters. The average Bonchev–Trinajstić information content (AvgIpc) is 2.56. The molecule has 0 atom stereocenters. The molecule has 2 aromatic carbocycles. The molecule has 0 saturated carbocycles. The zero-order valence-corrected chi connectivity index (χ0v) is 14.9. The van der Waals surface area contributed by atoms with Gasteiger partial charge in [0.05, 0.1) is 24.6 Å². The van der Waals surface area contributed by atoms with Gasteiger partial charge in [0.15, 0.2) is 0 Å². The lowest BCUT2D eigenvalue weighted by atomic mass is 10.2. The van der Waals surface area contributed by atoms with Crippen LogP contribution in [0.1, 0.15) is 19.4 Å². The molecule has 0 aromatic heterocycles. The summed E-state index contributed by atoms with van der Waals surface area (Å²) in [6, 6.07) is 12.0. The van der Waals surface area contributed by atoms with E-state index in [9.17, 15) is 9.67 Å². The monoisotopic (exact) mass is 348 g/mol. The highest BCUT2D eigenvalue weighted by Crippen LogP contribution is 2.49. The first kappa shape index (κ1) is 18.3. The van der Waals surface area contributed by atoms with Gasteiger partial charge in [0.2, 0.25) is 0 Å². The molecule has 6 nitrogen and oxygen atoms in total. The Bertz CT molecular complexity index is 750. The third-order valence-corrected chi connectivity index (χ3v) is 5.31. The van der Waals surface area contributed by atoms with Crippen LogP contribution in [-0.4, -0.2) is 18.3 Å². The maximum atomic E-state index is 12.8. The van der Waals surface area contributed by atoms with Gasteiger partial charge in [0.1, 0.15) is 11.1 Å². The standard InChI is InChI=1S/C17H21N2O4P/c1-4-22-24(21,23-5-2)17-12-15(10-11-16(17)20)19-18-14-8-6-13(3)7-9-14/h6-12,20H,4-5H2,1-3H3. The predicted molar refractivity (Wildman–Crippen MR) is 94.0 cm³/mol. The Kier molecular flexibility index (Phi) is 6.26. The van der Waals surface area contributed by atoms with Crippen LogP contribution in [0, 0.1) is 6.92 Å². The van der Waals surface area contributed by atoms with Crippen molar-refractivity contribution in [2.75, 3.05) is 13.2 Å². The van der Waals surface area contributed by atoms with E-state index in [0.717, 1.165) is 5.56 Å². The fourth-order valence-electron chi connectivity index (χ4n) is 2.04. The quantitative estimate of drug-likeness (QED) is 0.563. The summed E-state index contributed by atoms with van der Waals surface area (Å²) in [6.07, 6.45) is 0. The first-order valence-electron chi connectivity index (χ1n) is 7.69. The lowest BCUT2D eigenvalue weighted by Crippen LogP contribution is -2.11. The molecule has 0 aliphatic heterocycles. The molecule has 0 amide bonds. The number of hydrogen-bond acceptors (Lipinski definition) is 6. The van der Waals surface area contributed by atoms with Crippen LogP contribution in [-0.2, 0) is 13.6 Å². The smallest absolute Gasteiger partial charge is 0.365 e. The Hall–Kier alpha value is -2.01. The summed E-state index contributed by atoms with van der Waals surface area (Å²) in [4.78, 5) is 0. The maximum absolute atomic E-state index is 12.8. The van der Waals surface area contributed by atoms with Gasteiger partial charge in [-0.2, -0.15) is 10.2 Å². The molecule has 0 radical (unpaired) electrons. The van der Waals surface area contributed by atoms with Crippen LogP contribution in [0.15, 0.2) is 52.7 Å². The molecule has 2 aromatic rings. The third-order valence-electron chi connectivity index (χ3n) is 3.17. The van der Waals surface area contributed by atoms with E-state index in [1.807, 2.05) is 31.2 Å². The van der Waals surface area contributed by atoms with E-state index in [-0.39, 0.29) is 24.3 Å². The molecule has 0 bridgehead atoms. The molecule has 0 heterocycles. The number of hydrogen-bond donors (Lipinski definition) is 1. The van der Waals surface area contributed by atoms with Gasteiger partial charge in [-0.1, -0.05) is 17.7 Å². The molecule has 24 heavy (non-hydrogen) atoms. The first-order valence-corrected chi connectivity index (χ1v) is 9.24. The number of phenolic OH excluding ortho intramolecular Hbond substituents is 1. The number of azo groups is 1. The van der Waals surface area contributed by atoms with Gasteiger partial charge in [-0.05, 0) is 51.1 Å². The largest absolute Gasteiger partial charge is 0.507 e. The van der Waals surface area contributed by atoms with Gasteiger partial charge in [-0.25, -0.2) is 0 Å². The highest BCUT2D eigenvalue weighted by molar-refractivity contribution is 7.62. The number of benzene rings is 2. The summed E-state index contributed by atoms with van der Waals surface area (Å²) >= 11 is 0. The molecular formula is C17H21N2O4P. The maximum Gasteiger partial charge on any atom is 0.365 e. The minimum absolute atomic E-state index is 0.0894. The molecule has 1 N–H and O–H groups in total. The Labute approximate surface area is 141 Å². The molecule has 0 fully saturated rings. The lowest BCUT2D eigenvalue weighted by Gasteiger charge is -2.18. The van der Waals surface area contributed by atoms with Crippen molar-refractivity contribution in [3.05, 3.63) is 48.0 Å². The fourth-order valence-corrected chi connectivity index (χ4v) is 3.71. The molecule has 2 rings (SSSR count). The molecular weight excluding hydrogens is 327 g/mol. The van der Waals surface area contributed by atoms with Crippen molar-refractivity contribution in [2.24, 2.45) is 10.2 Å². The first-order chi connectivity index (χ1) is 11.5. The number of phenols is 1. The van der Waals surface area contributed by atoms with Gasteiger partial charge in [0, 0.05) is 0 Å². The van der Waals surface area contributed by atoms with E-state index in [1.165, 1.54) is 12.1 Å². The molecule has 0 aliphatic rings. The Morgan fingerprint density at radius 1 is 0.958 bits per heavy atom. The van der Waals surface area contributed by atoms with Gasteiger partial charge in [0.25, 0.3) is 0 Å². The third kappa shape index (κ3) is 4.51. The fraction of sp³-hybridized carbons (Fsp3) is 0.294. The molecule has 0 saturated heterocycles. The summed E-state index contributed by atoms with van der Waals surface area (Å²) in [5.74, 6) is -0.158. The molecule has 128 valence electrons. The lowest BCUT2D eigenvalue weighted by molar-refractivity contribution is 0.229. The highest BCUT2D eigenvalue weighted by atomic mass is 31.2. The predicted octanol–water partition coefficient (Wildman–Crippen LogP) is 5.01. The van der Waals surface area contributed by atoms with Crippen LogP contribution in [0.25, 0.3) is 0 Å². The van der Waals surface area contributed by atoms with Crippen LogP contribution in [0.4, 0.5) is 11.4 Å². The van der Waals surface area contributed by atoms with Crippen molar-refractivity contribution in [3.8, 4) is 5.75 Å². The number of aryl methyl sites for hydroxylation is 1. The van der Waals surface area contributed by atoms with Crippen LogP contribution < -0.4 is 5.30 Å². The van der Waals surface area contributed by atoms with Crippen LogP contribution in [0.3, 0.4) is 0 Å². The Morgan fingerprint density at radius 3 is 2.08 bits per heavy atom. The second-order valence-electron chi connectivity index (χ2n) is 5.04. The van der Waals surface area contributed by atoms with E-state index in [0.29, 0.717) is 11.4 Å². The van der Waals surface area contributed by atoms with E-state index in [4.69, 9.17) is 9.05 Å². The minimum atomic E-state index is -3.59. The van der Waals surface area contributed by atoms with Gasteiger partial charge >= 0.3 is 7.60 Å². The van der Waals surface area contributed by atoms with E-state index < -0.39 is 7.60 Å². The van der Waals surface area contributed by atoms with Crippen LogP contribution in [0.5, 0.6) is 5.75 Å². The zero-order valence-electron chi connectivity index (χ0n) is 14.0. The highest BCUT2D eigenvalue weighted by Gasteiger charge is 2.30. The summed E-state index contributed by atoms with van der Waals surface area (Å²) in [7, 11) is -3.59. The molecule has 0 spiro atoms. The normalized spacial score (nSPS) is 12.0. The van der Waals surface area contributed by atoms with Crippen LogP contribution >= 0.6 is 7.60 Å². The van der Waals surface area contributed by atoms with Crippen molar-refractivity contribution < 1.29 is 18.7 Å². The van der Waals surface area contributed by atoms with Gasteiger partial charge in [-0.3, -0.25) is 4.57 Å². The van der Waals surface area contributed by atoms with E-state index in [2.05, 4.69) is 10.2 Å². The van der Waals surface area contributed by atoms with Gasteiger partial charge < -0.3 is 14.2 Å². The van der Waals surface area contributed by atoms with Crippen molar-refractivity contribution in [2.45, 2.75) is 20.8 Å². The minimum Gasteiger partial charge on any atom is -0.507 e. The second kappa shape index (κ2) is 8.20. The SMILES string of the molecule is CCOP(=O)(OCC)c1cc(N=Nc2ccc(C)cc2)ccc1O. The average molecular weight is 348 g/mol. The number of nitrogens with zero attached hydrogens (tertiary/aromatic N) is 2. The summed E-state index contributed by atoms with van der Waals surface area (Å²) in [5, 5.41) is 18.4. The number of aromatic hydroxyl groups is 1. The summed E-state index contributed by atoms with van der Waals surface area (Å²) in [5.41, 5.74) is 2.28.